The van der Waals surface area contributed by atoms with Crippen molar-refractivity contribution in [3.05, 3.63) is 29.6 Å². The largest absolute Gasteiger partial charge is 0.392 e. The van der Waals surface area contributed by atoms with E-state index in [0.717, 1.165) is 12.8 Å². The lowest BCUT2D eigenvalue weighted by Gasteiger charge is -2.26. The number of rotatable bonds is 3. The molecular weight excluding hydrogens is 263 g/mol. The number of nitrogens with one attached hydrogen (secondary N) is 1. The molecule has 0 aliphatic heterocycles. The first kappa shape index (κ1) is 13.9. The van der Waals surface area contributed by atoms with E-state index in [4.69, 9.17) is 18.0 Å². The first-order valence-corrected chi connectivity index (χ1v) is 6.74. The number of hydrogen-bond donors (Lipinski definition) is 2. The van der Waals surface area contributed by atoms with Gasteiger partial charge in [0.25, 0.3) is 0 Å². The van der Waals surface area contributed by atoms with E-state index in [9.17, 15) is 9.18 Å². The summed E-state index contributed by atoms with van der Waals surface area (Å²) in [5.74, 6) is -0.466. The minimum absolute atomic E-state index is 0.177. The van der Waals surface area contributed by atoms with Crippen molar-refractivity contribution in [3.63, 3.8) is 0 Å². The van der Waals surface area contributed by atoms with Crippen LogP contribution in [0.4, 0.5) is 10.1 Å². The third-order valence-corrected chi connectivity index (χ3v) is 4.17. The molecule has 5 heteroatoms. The molecule has 0 radical (unpaired) electrons. The highest BCUT2D eigenvalue weighted by molar-refractivity contribution is 7.80. The Morgan fingerprint density at radius 3 is 2.58 bits per heavy atom. The van der Waals surface area contributed by atoms with Crippen LogP contribution in [0, 0.1) is 18.2 Å². The van der Waals surface area contributed by atoms with Crippen LogP contribution in [0.1, 0.15) is 31.2 Å². The van der Waals surface area contributed by atoms with Gasteiger partial charge in [0.05, 0.1) is 10.4 Å². The number of hydrogen-bond acceptors (Lipinski definition) is 2. The second-order valence-electron chi connectivity index (χ2n) is 5.07. The molecule has 19 heavy (non-hydrogen) atoms. The van der Waals surface area contributed by atoms with Gasteiger partial charge in [0.2, 0.25) is 5.91 Å². The molecule has 2 rings (SSSR count). The molecule has 102 valence electrons. The van der Waals surface area contributed by atoms with Crippen LogP contribution in [0.15, 0.2) is 18.2 Å². The van der Waals surface area contributed by atoms with Crippen molar-refractivity contribution in [3.8, 4) is 0 Å². The second-order valence-corrected chi connectivity index (χ2v) is 5.51. The van der Waals surface area contributed by atoms with E-state index in [1.165, 1.54) is 6.07 Å². The molecule has 0 atom stereocenters. The number of benzene rings is 1. The number of nitrogens with two attached hydrogens (primary N) is 1. The summed E-state index contributed by atoms with van der Waals surface area (Å²) in [5, 5.41) is 2.80. The Morgan fingerprint density at radius 2 is 2.05 bits per heavy atom. The Hall–Kier alpha value is -1.49. The van der Waals surface area contributed by atoms with Crippen LogP contribution in [-0.2, 0) is 4.79 Å². The Morgan fingerprint density at radius 1 is 1.42 bits per heavy atom. The fourth-order valence-electron chi connectivity index (χ4n) is 2.54. The van der Waals surface area contributed by atoms with Gasteiger partial charge in [0.1, 0.15) is 5.82 Å². The number of carbonyl (C=O) groups excluding carboxylic acids is 1. The van der Waals surface area contributed by atoms with E-state index in [2.05, 4.69) is 5.32 Å². The average molecular weight is 280 g/mol. The van der Waals surface area contributed by atoms with E-state index >= 15 is 0 Å². The molecule has 0 heterocycles. The molecule has 3 nitrogen and oxygen atoms in total. The van der Waals surface area contributed by atoms with Crippen molar-refractivity contribution in [2.45, 2.75) is 32.6 Å². The molecule has 1 aliphatic rings. The Balaban J connectivity index is 2.20. The summed E-state index contributed by atoms with van der Waals surface area (Å²) in [7, 11) is 0. The van der Waals surface area contributed by atoms with Crippen LogP contribution in [0.5, 0.6) is 0 Å². The third-order valence-electron chi connectivity index (χ3n) is 3.78. The van der Waals surface area contributed by atoms with Gasteiger partial charge < -0.3 is 11.1 Å². The van der Waals surface area contributed by atoms with Crippen molar-refractivity contribution in [1.82, 2.24) is 0 Å². The van der Waals surface area contributed by atoms with Gasteiger partial charge in [0.15, 0.2) is 0 Å². The van der Waals surface area contributed by atoms with Gasteiger partial charge in [-0.25, -0.2) is 4.39 Å². The molecule has 0 aromatic heterocycles. The standard InChI is InChI=1S/C14H17FN2OS/c1-9-8-10(4-5-11(9)15)17-13(18)14(12(16)19)6-2-3-7-14/h4-5,8H,2-3,6-7H2,1H3,(H2,16,19)(H,17,18). The number of anilines is 1. The maximum absolute atomic E-state index is 13.2. The van der Waals surface area contributed by atoms with E-state index in [0.29, 0.717) is 24.1 Å². The highest BCUT2D eigenvalue weighted by atomic mass is 32.1. The highest BCUT2D eigenvalue weighted by Gasteiger charge is 2.43. The molecule has 1 aromatic rings. The number of amides is 1. The van der Waals surface area contributed by atoms with E-state index < -0.39 is 5.41 Å². The predicted molar refractivity (Wildman–Crippen MR) is 77.5 cm³/mol. The zero-order chi connectivity index (χ0) is 14.0. The molecule has 0 spiro atoms. The van der Waals surface area contributed by atoms with Gasteiger partial charge in [0, 0.05) is 5.69 Å². The third kappa shape index (κ3) is 2.61. The monoisotopic (exact) mass is 280 g/mol. The molecule has 1 fully saturated rings. The van der Waals surface area contributed by atoms with Crippen molar-refractivity contribution < 1.29 is 9.18 Å². The number of thiocarbonyl (C=S) groups is 1. The molecule has 1 amide bonds. The number of aryl methyl sites for hydroxylation is 1. The van der Waals surface area contributed by atoms with Crippen molar-refractivity contribution >= 4 is 28.8 Å². The van der Waals surface area contributed by atoms with Gasteiger partial charge in [-0.3, -0.25) is 4.79 Å². The zero-order valence-corrected chi connectivity index (χ0v) is 11.6. The number of carbonyl (C=O) groups is 1. The molecule has 0 bridgehead atoms. The maximum Gasteiger partial charge on any atom is 0.237 e. The summed E-state index contributed by atoms with van der Waals surface area (Å²) in [6, 6.07) is 4.49. The van der Waals surface area contributed by atoms with Crippen LogP contribution in [-0.4, -0.2) is 10.9 Å². The van der Waals surface area contributed by atoms with Crippen LogP contribution in [0.25, 0.3) is 0 Å². The van der Waals surface area contributed by atoms with Crippen molar-refractivity contribution in [1.29, 1.82) is 0 Å². The van der Waals surface area contributed by atoms with Crippen molar-refractivity contribution in [2.75, 3.05) is 5.32 Å². The van der Waals surface area contributed by atoms with E-state index in [1.54, 1.807) is 19.1 Å². The van der Waals surface area contributed by atoms with Crippen molar-refractivity contribution in [2.24, 2.45) is 11.1 Å². The summed E-state index contributed by atoms with van der Waals surface area (Å²) in [6.45, 7) is 1.66. The fourth-order valence-corrected chi connectivity index (χ4v) is 2.83. The van der Waals surface area contributed by atoms with Crippen LogP contribution >= 0.6 is 12.2 Å². The molecule has 1 aromatic carbocycles. The maximum atomic E-state index is 13.2. The molecule has 3 N–H and O–H groups in total. The average Bonchev–Trinajstić information content (AvgIpc) is 2.84. The van der Waals surface area contributed by atoms with Crippen LogP contribution in [0.3, 0.4) is 0 Å². The normalized spacial score (nSPS) is 17.2. The van der Waals surface area contributed by atoms with E-state index in [1.807, 2.05) is 0 Å². The summed E-state index contributed by atoms with van der Waals surface area (Å²) >= 11 is 5.06. The molecular formula is C14H17FN2OS. The molecule has 1 saturated carbocycles. The minimum Gasteiger partial charge on any atom is -0.392 e. The SMILES string of the molecule is Cc1cc(NC(=O)C2(C(N)=S)CCCC2)ccc1F. The lowest BCUT2D eigenvalue weighted by atomic mass is 9.85. The van der Waals surface area contributed by atoms with Gasteiger partial charge in [-0.2, -0.15) is 0 Å². The van der Waals surface area contributed by atoms with E-state index in [-0.39, 0.29) is 16.7 Å². The summed E-state index contributed by atoms with van der Waals surface area (Å²) in [6.07, 6.45) is 3.28. The summed E-state index contributed by atoms with van der Waals surface area (Å²) in [5.41, 5.74) is 6.08. The quantitative estimate of drug-likeness (QED) is 0.837. The number of halogens is 1. The molecule has 0 unspecified atom stereocenters. The van der Waals surface area contributed by atoms with Crippen LogP contribution < -0.4 is 11.1 Å². The Bertz CT molecular complexity index is 524. The fraction of sp³-hybridized carbons (Fsp3) is 0.429. The topological polar surface area (TPSA) is 55.1 Å². The molecule has 1 aliphatic carbocycles. The summed E-state index contributed by atoms with van der Waals surface area (Å²) in [4.78, 5) is 12.7. The zero-order valence-electron chi connectivity index (χ0n) is 10.8. The lowest BCUT2D eigenvalue weighted by Crippen LogP contribution is -2.43. The first-order chi connectivity index (χ1) is 8.95. The van der Waals surface area contributed by atoms with Gasteiger partial charge >= 0.3 is 0 Å². The summed E-state index contributed by atoms with van der Waals surface area (Å²) < 4.78 is 13.2. The minimum atomic E-state index is -0.738. The van der Waals surface area contributed by atoms with Gasteiger partial charge in [-0.1, -0.05) is 25.1 Å². The van der Waals surface area contributed by atoms with Gasteiger partial charge in [-0.15, -0.1) is 0 Å². The smallest absolute Gasteiger partial charge is 0.237 e. The lowest BCUT2D eigenvalue weighted by molar-refractivity contribution is -0.122. The molecule has 0 saturated heterocycles. The Labute approximate surface area is 117 Å². The first-order valence-electron chi connectivity index (χ1n) is 6.33. The second kappa shape index (κ2) is 5.25. The Kier molecular flexibility index (Phi) is 3.85. The highest BCUT2D eigenvalue weighted by Crippen LogP contribution is 2.39. The van der Waals surface area contributed by atoms with Crippen LogP contribution in [0.2, 0.25) is 0 Å². The predicted octanol–water partition coefficient (Wildman–Crippen LogP) is 2.92. The van der Waals surface area contributed by atoms with Gasteiger partial charge in [-0.05, 0) is 43.5 Å².